The van der Waals surface area contributed by atoms with Crippen molar-refractivity contribution in [3.63, 3.8) is 0 Å². The van der Waals surface area contributed by atoms with Crippen LogP contribution in [0.1, 0.15) is 37.4 Å². The number of carbonyl (C=O) groups excluding carboxylic acids is 2. The highest BCUT2D eigenvalue weighted by molar-refractivity contribution is 7.11. The molecular formula is C23H21N3O5S. The third-order valence-corrected chi connectivity index (χ3v) is 6.15. The molecular weight excluding hydrogens is 430 g/mol. The summed E-state index contributed by atoms with van der Waals surface area (Å²) < 4.78 is 5.49. The van der Waals surface area contributed by atoms with Crippen LogP contribution in [-0.2, 0) is 16.1 Å². The third-order valence-electron chi connectivity index (χ3n) is 5.18. The molecule has 0 saturated heterocycles. The average Bonchev–Trinajstić information content (AvgIpc) is 3.32. The van der Waals surface area contributed by atoms with E-state index in [1.165, 1.54) is 11.3 Å². The highest BCUT2D eigenvalue weighted by atomic mass is 32.1. The molecule has 4 rings (SSSR count). The first-order valence-corrected chi connectivity index (χ1v) is 10.8. The maximum atomic E-state index is 12.3. The van der Waals surface area contributed by atoms with Gasteiger partial charge in [0, 0.05) is 10.8 Å². The van der Waals surface area contributed by atoms with E-state index in [0.717, 1.165) is 22.3 Å². The standard InChI is InChI=1S/C23H21N3O5S/c1-13-21(22(29)24-11-20(27)28)26-19(32-13)10-25-23(30)31-12-18-16-8-4-2-6-14(16)15-7-3-5-9-17(15)18/h2-9,18H,10-12H2,1H3,(H,24,29)(H,25,30)(H,27,28). The summed E-state index contributed by atoms with van der Waals surface area (Å²) in [7, 11) is 0. The first-order chi connectivity index (χ1) is 15.4. The van der Waals surface area contributed by atoms with Crippen LogP contribution in [0.2, 0.25) is 0 Å². The molecule has 3 N–H and O–H groups in total. The first kappa shape index (κ1) is 21.5. The zero-order chi connectivity index (χ0) is 22.7. The Hall–Kier alpha value is -3.72. The van der Waals surface area contributed by atoms with Gasteiger partial charge in [0.05, 0.1) is 6.54 Å². The number of carboxylic acids is 1. The smallest absolute Gasteiger partial charge is 0.407 e. The number of hydrogen-bond donors (Lipinski definition) is 3. The quantitative estimate of drug-likeness (QED) is 0.507. The Balaban J connectivity index is 1.34. The zero-order valence-electron chi connectivity index (χ0n) is 17.3. The van der Waals surface area contributed by atoms with Gasteiger partial charge in [-0.2, -0.15) is 0 Å². The average molecular weight is 452 g/mol. The van der Waals surface area contributed by atoms with Crippen molar-refractivity contribution in [1.29, 1.82) is 0 Å². The monoisotopic (exact) mass is 451 g/mol. The summed E-state index contributed by atoms with van der Waals surface area (Å²) in [5.74, 6) is -1.73. The largest absolute Gasteiger partial charge is 0.480 e. The number of nitrogens with one attached hydrogen (secondary N) is 2. The van der Waals surface area contributed by atoms with Gasteiger partial charge in [-0.05, 0) is 29.2 Å². The number of aromatic nitrogens is 1. The molecule has 32 heavy (non-hydrogen) atoms. The minimum Gasteiger partial charge on any atom is -0.480 e. The minimum absolute atomic E-state index is 0.0280. The van der Waals surface area contributed by atoms with Crippen molar-refractivity contribution in [3.8, 4) is 11.1 Å². The molecule has 0 saturated carbocycles. The summed E-state index contributed by atoms with van der Waals surface area (Å²) in [5.41, 5.74) is 4.73. The molecule has 0 radical (unpaired) electrons. The fourth-order valence-electron chi connectivity index (χ4n) is 3.77. The molecule has 1 aliphatic carbocycles. The lowest BCUT2D eigenvalue weighted by molar-refractivity contribution is -0.135. The summed E-state index contributed by atoms with van der Waals surface area (Å²) in [6.07, 6.45) is -0.573. The van der Waals surface area contributed by atoms with Crippen molar-refractivity contribution in [2.75, 3.05) is 13.2 Å². The zero-order valence-corrected chi connectivity index (χ0v) is 18.1. The number of rotatable bonds is 7. The van der Waals surface area contributed by atoms with Gasteiger partial charge >= 0.3 is 12.1 Å². The van der Waals surface area contributed by atoms with Crippen molar-refractivity contribution >= 4 is 29.3 Å². The van der Waals surface area contributed by atoms with Gasteiger partial charge in [0.15, 0.2) is 0 Å². The maximum Gasteiger partial charge on any atom is 0.407 e. The highest BCUT2D eigenvalue weighted by Crippen LogP contribution is 2.44. The van der Waals surface area contributed by atoms with E-state index in [2.05, 4.69) is 39.9 Å². The topological polar surface area (TPSA) is 118 Å². The summed E-state index contributed by atoms with van der Waals surface area (Å²) in [5, 5.41) is 14.1. The predicted molar refractivity (Wildman–Crippen MR) is 119 cm³/mol. The highest BCUT2D eigenvalue weighted by Gasteiger charge is 2.29. The van der Waals surface area contributed by atoms with Crippen molar-refractivity contribution in [2.45, 2.75) is 19.4 Å². The Morgan fingerprint density at radius 3 is 2.28 bits per heavy atom. The van der Waals surface area contributed by atoms with Crippen LogP contribution < -0.4 is 10.6 Å². The van der Waals surface area contributed by atoms with Gasteiger partial charge in [-0.1, -0.05) is 48.5 Å². The van der Waals surface area contributed by atoms with E-state index < -0.39 is 24.5 Å². The van der Waals surface area contributed by atoms with Gasteiger partial charge in [0.2, 0.25) is 0 Å². The van der Waals surface area contributed by atoms with Gasteiger partial charge in [0.25, 0.3) is 5.91 Å². The molecule has 0 atom stereocenters. The number of hydrogen-bond acceptors (Lipinski definition) is 6. The molecule has 0 unspecified atom stereocenters. The van der Waals surface area contributed by atoms with Crippen LogP contribution in [0, 0.1) is 6.92 Å². The van der Waals surface area contributed by atoms with Gasteiger partial charge < -0.3 is 20.5 Å². The number of benzene rings is 2. The van der Waals surface area contributed by atoms with E-state index in [0.29, 0.717) is 9.88 Å². The molecule has 0 spiro atoms. The Labute approximate surface area is 188 Å². The van der Waals surface area contributed by atoms with Gasteiger partial charge in [-0.3, -0.25) is 9.59 Å². The fourth-order valence-corrected chi connectivity index (χ4v) is 4.64. The second-order valence-corrected chi connectivity index (χ2v) is 8.56. The number of ether oxygens (including phenoxy) is 1. The van der Waals surface area contributed by atoms with Crippen molar-refractivity contribution in [1.82, 2.24) is 15.6 Å². The second-order valence-electron chi connectivity index (χ2n) is 7.27. The van der Waals surface area contributed by atoms with Crippen molar-refractivity contribution < 1.29 is 24.2 Å². The fraction of sp³-hybridized carbons (Fsp3) is 0.217. The van der Waals surface area contributed by atoms with Crippen LogP contribution in [0.5, 0.6) is 0 Å². The Bertz CT molecular complexity index is 1140. The van der Waals surface area contributed by atoms with E-state index in [9.17, 15) is 14.4 Å². The molecule has 9 heteroatoms. The van der Waals surface area contributed by atoms with Crippen LogP contribution in [0.3, 0.4) is 0 Å². The van der Waals surface area contributed by atoms with Crippen LogP contribution in [0.25, 0.3) is 11.1 Å². The van der Waals surface area contributed by atoms with E-state index in [1.807, 2.05) is 24.3 Å². The lowest BCUT2D eigenvalue weighted by Crippen LogP contribution is -2.30. The molecule has 1 aliphatic rings. The summed E-state index contributed by atoms with van der Waals surface area (Å²) >= 11 is 1.25. The summed E-state index contributed by atoms with van der Waals surface area (Å²) in [6, 6.07) is 16.2. The summed E-state index contributed by atoms with van der Waals surface area (Å²) in [4.78, 5) is 39.8. The van der Waals surface area contributed by atoms with Gasteiger partial charge in [-0.25, -0.2) is 9.78 Å². The number of carbonyl (C=O) groups is 3. The number of fused-ring (bicyclic) bond motifs is 3. The van der Waals surface area contributed by atoms with E-state index in [1.54, 1.807) is 6.92 Å². The van der Waals surface area contributed by atoms with Gasteiger partial charge in [0.1, 0.15) is 23.9 Å². The van der Waals surface area contributed by atoms with Gasteiger partial charge in [-0.15, -0.1) is 11.3 Å². The molecule has 1 heterocycles. The molecule has 0 fully saturated rings. The van der Waals surface area contributed by atoms with Crippen LogP contribution in [-0.4, -0.2) is 41.2 Å². The van der Waals surface area contributed by atoms with Crippen LogP contribution in [0.4, 0.5) is 4.79 Å². The van der Waals surface area contributed by atoms with E-state index in [-0.39, 0.29) is 24.8 Å². The normalized spacial score (nSPS) is 12.0. The number of nitrogens with zero attached hydrogens (tertiary/aromatic N) is 1. The molecule has 3 aromatic rings. The Kier molecular flexibility index (Phi) is 6.18. The van der Waals surface area contributed by atoms with Crippen LogP contribution in [0.15, 0.2) is 48.5 Å². The summed E-state index contributed by atoms with van der Waals surface area (Å²) in [6.45, 7) is 1.54. The number of aryl methyl sites for hydroxylation is 1. The minimum atomic E-state index is -1.14. The lowest BCUT2D eigenvalue weighted by Gasteiger charge is -2.14. The van der Waals surface area contributed by atoms with E-state index in [4.69, 9.17) is 9.84 Å². The maximum absolute atomic E-state index is 12.3. The SMILES string of the molecule is Cc1sc(CNC(=O)OCC2c3ccccc3-c3ccccc32)nc1C(=O)NCC(=O)O. The number of amides is 2. The van der Waals surface area contributed by atoms with Crippen molar-refractivity contribution in [2.24, 2.45) is 0 Å². The number of carboxylic acid groups (broad SMARTS) is 1. The number of thiazole rings is 1. The number of alkyl carbamates (subject to hydrolysis) is 1. The Morgan fingerprint density at radius 2 is 1.66 bits per heavy atom. The van der Waals surface area contributed by atoms with Crippen LogP contribution >= 0.6 is 11.3 Å². The molecule has 164 valence electrons. The molecule has 0 aliphatic heterocycles. The third kappa shape index (κ3) is 4.47. The van der Waals surface area contributed by atoms with E-state index >= 15 is 0 Å². The molecule has 8 nitrogen and oxygen atoms in total. The molecule has 2 aromatic carbocycles. The lowest BCUT2D eigenvalue weighted by atomic mass is 9.98. The predicted octanol–water partition coefficient (Wildman–Crippen LogP) is 3.30. The molecule has 1 aromatic heterocycles. The molecule has 2 amide bonds. The first-order valence-electron chi connectivity index (χ1n) is 9.99. The molecule has 0 bridgehead atoms. The Morgan fingerprint density at radius 1 is 1.03 bits per heavy atom. The van der Waals surface area contributed by atoms with Crippen molar-refractivity contribution in [3.05, 3.63) is 75.2 Å². The second kappa shape index (κ2) is 9.19. The number of aliphatic carboxylic acids is 1.